The van der Waals surface area contributed by atoms with E-state index in [0.29, 0.717) is 33.9 Å². The summed E-state index contributed by atoms with van der Waals surface area (Å²) < 4.78 is 29.3. The summed E-state index contributed by atoms with van der Waals surface area (Å²) >= 11 is 0. The monoisotopic (exact) mass is 538 g/mol. The number of aromatic nitrogens is 4. The van der Waals surface area contributed by atoms with Crippen LogP contribution in [0.15, 0.2) is 36.7 Å². The molecule has 0 bridgehead atoms. The minimum atomic E-state index is -3.39. The number of carbonyl (C=O) groups excluding carboxylic acids is 1. The zero-order valence-electron chi connectivity index (χ0n) is 22.2. The number of nitrogens with one attached hydrogen (secondary N) is 3. The number of hydrogen-bond acceptors (Lipinski definition) is 7. The number of carbonyl (C=O) groups is 1. The lowest BCUT2D eigenvalue weighted by Crippen LogP contribution is -2.42. The third-order valence-corrected chi connectivity index (χ3v) is 7.59. The van der Waals surface area contributed by atoms with Gasteiger partial charge in [0.25, 0.3) is 5.91 Å². The SMILES string of the molecule is CCNC1CCN(c2ccc(C(=O)Nc3cc(CNS(C)(=O)=O)c4nn(C)cc4c3)c3nn(C)cc23)CC1. The maximum Gasteiger partial charge on any atom is 0.257 e. The fraction of sp³-hybridized carbons (Fsp3) is 0.423. The van der Waals surface area contributed by atoms with Crippen molar-refractivity contribution < 1.29 is 13.2 Å². The lowest BCUT2D eigenvalue weighted by atomic mass is 10.0. The number of amides is 1. The first kappa shape index (κ1) is 26.1. The zero-order chi connectivity index (χ0) is 27.0. The Labute approximate surface area is 222 Å². The topological polar surface area (TPSA) is 126 Å². The molecule has 1 fully saturated rings. The van der Waals surface area contributed by atoms with E-state index >= 15 is 0 Å². The van der Waals surface area contributed by atoms with Crippen LogP contribution >= 0.6 is 0 Å². The molecule has 4 aromatic rings. The van der Waals surface area contributed by atoms with Crippen LogP contribution in [0.1, 0.15) is 35.7 Å². The van der Waals surface area contributed by atoms with Gasteiger partial charge in [0.15, 0.2) is 0 Å². The van der Waals surface area contributed by atoms with Crippen molar-refractivity contribution in [1.82, 2.24) is 29.6 Å². The van der Waals surface area contributed by atoms with Crippen molar-refractivity contribution >= 4 is 49.1 Å². The highest BCUT2D eigenvalue weighted by atomic mass is 32.2. The molecule has 0 saturated carbocycles. The second kappa shape index (κ2) is 10.4. The molecule has 12 heteroatoms. The number of sulfonamides is 1. The van der Waals surface area contributed by atoms with Crippen molar-refractivity contribution in [3.05, 3.63) is 47.8 Å². The fourth-order valence-electron chi connectivity index (χ4n) is 5.22. The largest absolute Gasteiger partial charge is 0.371 e. The van der Waals surface area contributed by atoms with Crippen LogP contribution in [-0.2, 0) is 30.7 Å². The molecule has 11 nitrogen and oxygen atoms in total. The second-order valence-corrected chi connectivity index (χ2v) is 11.8. The first-order chi connectivity index (χ1) is 18.1. The van der Waals surface area contributed by atoms with Gasteiger partial charge in [0.1, 0.15) is 5.52 Å². The molecule has 1 aliphatic heterocycles. The Morgan fingerprint density at radius 1 is 1.05 bits per heavy atom. The molecule has 38 heavy (non-hydrogen) atoms. The Balaban J connectivity index is 1.43. The summed E-state index contributed by atoms with van der Waals surface area (Å²) in [7, 11) is 0.266. The van der Waals surface area contributed by atoms with Gasteiger partial charge in [0, 0.05) is 74.3 Å². The minimum Gasteiger partial charge on any atom is -0.371 e. The summed E-state index contributed by atoms with van der Waals surface area (Å²) in [6.45, 7) is 5.08. The number of piperidine rings is 1. The summed E-state index contributed by atoms with van der Waals surface area (Å²) in [5, 5.41) is 17.4. The Morgan fingerprint density at radius 2 is 1.76 bits per heavy atom. The molecule has 0 aliphatic carbocycles. The number of fused-ring (bicyclic) bond motifs is 2. The molecule has 3 heterocycles. The van der Waals surface area contributed by atoms with Crippen LogP contribution in [-0.4, -0.2) is 65.8 Å². The Kier molecular flexibility index (Phi) is 7.12. The van der Waals surface area contributed by atoms with Crippen molar-refractivity contribution in [3.63, 3.8) is 0 Å². The molecular formula is C26H34N8O3S. The van der Waals surface area contributed by atoms with E-state index in [0.717, 1.165) is 55.2 Å². The van der Waals surface area contributed by atoms with Crippen LogP contribution in [0.4, 0.5) is 11.4 Å². The van der Waals surface area contributed by atoms with Gasteiger partial charge in [0.05, 0.1) is 17.3 Å². The molecule has 202 valence electrons. The zero-order valence-corrected chi connectivity index (χ0v) is 23.0. The lowest BCUT2D eigenvalue weighted by Gasteiger charge is -2.34. The Morgan fingerprint density at radius 3 is 2.47 bits per heavy atom. The minimum absolute atomic E-state index is 0.0692. The van der Waals surface area contributed by atoms with Crippen LogP contribution in [0, 0.1) is 0 Å². The van der Waals surface area contributed by atoms with Crippen molar-refractivity contribution in [1.29, 1.82) is 0 Å². The Hall–Kier alpha value is -3.48. The van der Waals surface area contributed by atoms with E-state index in [1.54, 1.807) is 22.5 Å². The van der Waals surface area contributed by atoms with Crippen LogP contribution < -0.4 is 20.3 Å². The standard InChI is InChI=1S/C26H34N8O3S/c1-5-27-19-8-10-34(11-9-19)23-7-6-21(25-22(23)16-33(3)31-25)26(35)29-20-12-17(14-28-38(4,36)37)24-18(13-20)15-32(2)30-24/h6-7,12-13,15-16,19,27-28H,5,8-11,14H2,1-4H3,(H,29,35). The van der Waals surface area contributed by atoms with Crippen LogP contribution in [0.3, 0.4) is 0 Å². The van der Waals surface area contributed by atoms with E-state index in [4.69, 9.17) is 0 Å². The van der Waals surface area contributed by atoms with E-state index in [1.165, 1.54) is 0 Å². The van der Waals surface area contributed by atoms with Gasteiger partial charge in [-0.05, 0) is 49.2 Å². The molecule has 0 atom stereocenters. The van der Waals surface area contributed by atoms with Gasteiger partial charge in [-0.25, -0.2) is 13.1 Å². The third-order valence-electron chi connectivity index (χ3n) is 6.93. The average molecular weight is 539 g/mol. The molecule has 2 aromatic heterocycles. The number of hydrogen-bond donors (Lipinski definition) is 3. The van der Waals surface area contributed by atoms with Crippen molar-refractivity contribution in [2.24, 2.45) is 14.1 Å². The maximum atomic E-state index is 13.5. The number of nitrogens with zero attached hydrogens (tertiary/aromatic N) is 5. The first-order valence-corrected chi connectivity index (χ1v) is 14.7. The fourth-order valence-corrected chi connectivity index (χ4v) is 5.64. The van der Waals surface area contributed by atoms with E-state index in [-0.39, 0.29) is 12.5 Å². The van der Waals surface area contributed by atoms with Gasteiger partial charge in [0.2, 0.25) is 10.0 Å². The van der Waals surface area contributed by atoms with Crippen molar-refractivity contribution in [2.75, 3.05) is 36.1 Å². The molecule has 2 aromatic carbocycles. The van der Waals surface area contributed by atoms with Crippen molar-refractivity contribution in [2.45, 2.75) is 32.4 Å². The van der Waals surface area contributed by atoms with E-state index < -0.39 is 10.0 Å². The smallest absolute Gasteiger partial charge is 0.257 e. The number of rotatable bonds is 8. The molecule has 0 radical (unpaired) electrons. The highest BCUT2D eigenvalue weighted by Crippen LogP contribution is 2.32. The quantitative estimate of drug-likeness (QED) is 0.314. The number of benzene rings is 2. The summed E-state index contributed by atoms with van der Waals surface area (Å²) in [5.74, 6) is -0.281. The maximum absolute atomic E-state index is 13.5. The van der Waals surface area contributed by atoms with Crippen LogP contribution in [0.25, 0.3) is 21.8 Å². The van der Waals surface area contributed by atoms with Crippen molar-refractivity contribution in [3.8, 4) is 0 Å². The molecule has 1 saturated heterocycles. The predicted octanol–water partition coefficient (Wildman–Crippen LogP) is 2.34. The highest BCUT2D eigenvalue weighted by Gasteiger charge is 2.23. The third kappa shape index (κ3) is 5.52. The molecule has 0 unspecified atom stereocenters. The van der Waals surface area contributed by atoms with Gasteiger partial charge >= 0.3 is 0 Å². The molecule has 1 amide bonds. The van der Waals surface area contributed by atoms with Gasteiger partial charge < -0.3 is 15.5 Å². The second-order valence-electron chi connectivity index (χ2n) is 9.94. The van der Waals surface area contributed by atoms with Gasteiger partial charge in [-0.15, -0.1) is 0 Å². The van der Waals surface area contributed by atoms with Crippen LogP contribution in [0.5, 0.6) is 0 Å². The van der Waals surface area contributed by atoms with E-state index in [9.17, 15) is 13.2 Å². The summed E-state index contributed by atoms with van der Waals surface area (Å²) in [6, 6.07) is 7.98. The van der Waals surface area contributed by atoms with Gasteiger partial charge in [-0.1, -0.05) is 6.92 Å². The number of anilines is 2. The van der Waals surface area contributed by atoms with E-state index in [1.807, 2.05) is 37.6 Å². The lowest BCUT2D eigenvalue weighted by molar-refractivity contribution is 0.102. The predicted molar refractivity (Wildman–Crippen MR) is 150 cm³/mol. The molecular weight excluding hydrogens is 504 g/mol. The first-order valence-electron chi connectivity index (χ1n) is 12.8. The average Bonchev–Trinajstić information content (AvgIpc) is 3.43. The van der Waals surface area contributed by atoms with Gasteiger partial charge in [-0.2, -0.15) is 10.2 Å². The van der Waals surface area contributed by atoms with Crippen LogP contribution in [0.2, 0.25) is 0 Å². The summed E-state index contributed by atoms with van der Waals surface area (Å²) in [6.07, 6.45) is 7.06. The number of aryl methyl sites for hydroxylation is 2. The summed E-state index contributed by atoms with van der Waals surface area (Å²) in [5.41, 5.74) is 4.12. The van der Waals surface area contributed by atoms with Gasteiger partial charge in [-0.3, -0.25) is 14.2 Å². The summed E-state index contributed by atoms with van der Waals surface area (Å²) in [4.78, 5) is 15.9. The highest BCUT2D eigenvalue weighted by molar-refractivity contribution is 7.88. The van der Waals surface area contributed by atoms with E-state index in [2.05, 4.69) is 37.4 Å². The molecule has 5 rings (SSSR count). The molecule has 3 N–H and O–H groups in total. The molecule has 1 aliphatic rings. The normalized spacial score (nSPS) is 15.0. The molecule has 0 spiro atoms. The Bertz CT molecular complexity index is 1600.